The maximum Gasteiger partial charge on any atom is 0.264 e. The Kier molecular flexibility index (Phi) is 8.45. The Bertz CT molecular complexity index is 1340. The van der Waals surface area contributed by atoms with E-state index in [1.165, 1.54) is 11.8 Å². The van der Waals surface area contributed by atoms with Crippen LogP contribution in [0.2, 0.25) is 0 Å². The largest absolute Gasteiger partial charge is 0.490 e. The van der Waals surface area contributed by atoms with Gasteiger partial charge in [-0.2, -0.15) is 0 Å². The van der Waals surface area contributed by atoms with Crippen molar-refractivity contribution in [3.63, 3.8) is 0 Å². The van der Waals surface area contributed by atoms with Gasteiger partial charge in [-0.3, -0.25) is 9.59 Å². The molecule has 184 valence electrons. The minimum absolute atomic E-state index is 0.190. The van der Waals surface area contributed by atoms with Crippen molar-refractivity contribution < 1.29 is 19.1 Å². The van der Waals surface area contributed by atoms with Gasteiger partial charge in [-0.25, -0.2) is 4.99 Å². The van der Waals surface area contributed by atoms with Crippen LogP contribution in [-0.4, -0.2) is 30.2 Å². The van der Waals surface area contributed by atoms with Crippen molar-refractivity contribution in [3.8, 4) is 11.5 Å². The number of ether oxygens (including phenoxy) is 2. The lowest BCUT2D eigenvalue weighted by molar-refractivity contribution is -0.118. The van der Waals surface area contributed by atoms with Crippen molar-refractivity contribution in [2.75, 3.05) is 18.5 Å². The Labute approximate surface area is 222 Å². The number of hydrogen-bond acceptors (Lipinski definition) is 6. The molecule has 0 radical (unpaired) electrons. The average Bonchev–Trinajstić information content (AvgIpc) is 3.17. The third-order valence-electron chi connectivity index (χ3n) is 4.92. The Hall–Kier alpha value is -3.56. The maximum atomic E-state index is 12.5. The number of halogens is 1. The molecule has 3 aromatic carbocycles. The molecule has 36 heavy (non-hydrogen) atoms. The van der Waals surface area contributed by atoms with Gasteiger partial charge in [-0.1, -0.05) is 30.3 Å². The molecule has 0 aromatic heterocycles. The van der Waals surface area contributed by atoms with Crippen LogP contribution in [0.25, 0.3) is 6.08 Å². The Morgan fingerprint density at radius 2 is 1.92 bits per heavy atom. The number of carbonyl (C=O) groups is 2. The summed E-state index contributed by atoms with van der Waals surface area (Å²) in [5.74, 6) is 0.360. The second kappa shape index (κ2) is 11.9. The van der Waals surface area contributed by atoms with Gasteiger partial charge in [0.15, 0.2) is 23.3 Å². The number of aryl methyl sites for hydroxylation is 1. The summed E-state index contributed by atoms with van der Waals surface area (Å²) in [6, 6.07) is 20.5. The van der Waals surface area contributed by atoms with Crippen LogP contribution < -0.4 is 20.1 Å². The Morgan fingerprint density at radius 3 is 2.67 bits per heavy atom. The number of amidine groups is 1. The first-order valence-electron chi connectivity index (χ1n) is 11.2. The monoisotopic (exact) mass is 565 g/mol. The number of hydrogen-bond donors (Lipinski definition) is 2. The van der Waals surface area contributed by atoms with Gasteiger partial charge in [0.25, 0.3) is 11.8 Å². The SMILES string of the molecule is CCOc1cc(/C=C2\SC(=Nc3ccccc3)NC2=O)cc(Br)c1OCC(=O)Nc1cccc(C)c1. The summed E-state index contributed by atoms with van der Waals surface area (Å²) in [5.41, 5.74) is 3.25. The van der Waals surface area contributed by atoms with E-state index in [4.69, 9.17) is 9.47 Å². The molecule has 1 fully saturated rings. The molecule has 1 heterocycles. The quantitative estimate of drug-likeness (QED) is 0.324. The molecule has 0 bridgehead atoms. The minimum Gasteiger partial charge on any atom is -0.490 e. The number of nitrogens with one attached hydrogen (secondary N) is 2. The van der Waals surface area contributed by atoms with E-state index < -0.39 is 0 Å². The molecule has 0 saturated carbocycles. The normalized spacial score (nSPS) is 15.1. The lowest BCUT2D eigenvalue weighted by atomic mass is 10.2. The third-order valence-corrected chi connectivity index (χ3v) is 6.42. The predicted octanol–water partition coefficient (Wildman–Crippen LogP) is 6.07. The molecule has 7 nitrogen and oxygen atoms in total. The first-order chi connectivity index (χ1) is 17.4. The van der Waals surface area contributed by atoms with Crippen LogP contribution in [0.1, 0.15) is 18.1 Å². The molecule has 9 heteroatoms. The Balaban J connectivity index is 1.49. The molecule has 0 spiro atoms. The van der Waals surface area contributed by atoms with Crippen LogP contribution in [0, 0.1) is 6.92 Å². The number of carbonyl (C=O) groups excluding carboxylic acids is 2. The van der Waals surface area contributed by atoms with Crippen molar-refractivity contribution in [2.24, 2.45) is 4.99 Å². The first-order valence-corrected chi connectivity index (χ1v) is 12.8. The number of benzene rings is 3. The third kappa shape index (κ3) is 6.77. The first kappa shape index (κ1) is 25.5. The summed E-state index contributed by atoms with van der Waals surface area (Å²) >= 11 is 4.78. The van der Waals surface area contributed by atoms with E-state index in [0.29, 0.717) is 38.3 Å². The van der Waals surface area contributed by atoms with Crippen LogP contribution >= 0.6 is 27.7 Å². The fourth-order valence-corrected chi connectivity index (χ4v) is 4.80. The van der Waals surface area contributed by atoms with Crippen LogP contribution in [0.15, 0.2) is 81.1 Å². The molecule has 1 aliphatic rings. The molecule has 0 unspecified atom stereocenters. The molecule has 0 aliphatic carbocycles. The van der Waals surface area contributed by atoms with Crippen LogP contribution in [-0.2, 0) is 9.59 Å². The second-order valence-electron chi connectivity index (χ2n) is 7.79. The molecule has 4 rings (SSSR count). The summed E-state index contributed by atoms with van der Waals surface area (Å²) in [6.07, 6.45) is 1.76. The Morgan fingerprint density at radius 1 is 1.11 bits per heavy atom. The minimum atomic E-state index is -0.287. The number of thioether (sulfide) groups is 1. The predicted molar refractivity (Wildman–Crippen MR) is 148 cm³/mol. The standard InChI is InChI=1S/C27H24BrN3O4S/c1-3-34-22-14-18(15-23-26(33)31-27(36-23)30-19-9-5-4-6-10-19)13-21(28)25(22)35-16-24(32)29-20-11-7-8-17(2)12-20/h4-15H,3,16H2,1-2H3,(H,29,32)(H,30,31,33)/b23-15-. The zero-order valence-corrected chi connectivity index (χ0v) is 22.1. The van der Waals surface area contributed by atoms with Crippen molar-refractivity contribution >= 4 is 62.1 Å². The van der Waals surface area contributed by atoms with E-state index in [2.05, 4.69) is 31.6 Å². The van der Waals surface area contributed by atoms with E-state index >= 15 is 0 Å². The van der Waals surface area contributed by atoms with E-state index in [1.807, 2.05) is 74.5 Å². The second-order valence-corrected chi connectivity index (χ2v) is 9.67. The van der Waals surface area contributed by atoms with Crippen LogP contribution in [0.5, 0.6) is 11.5 Å². The van der Waals surface area contributed by atoms with Gasteiger partial charge in [-0.05, 0) is 95.1 Å². The van der Waals surface area contributed by atoms with Crippen molar-refractivity contribution in [1.29, 1.82) is 0 Å². The number of amides is 2. The summed E-state index contributed by atoms with van der Waals surface area (Å²) in [6.45, 7) is 4.03. The summed E-state index contributed by atoms with van der Waals surface area (Å²) in [7, 11) is 0. The molecule has 3 aromatic rings. The van der Waals surface area contributed by atoms with E-state index in [9.17, 15) is 9.59 Å². The zero-order valence-electron chi connectivity index (χ0n) is 19.7. The summed E-state index contributed by atoms with van der Waals surface area (Å²) in [5, 5.41) is 6.13. The number of para-hydroxylation sites is 1. The van der Waals surface area contributed by atoms with Crippen LogP contribution in [0.4, 0.5) is 11.4 Å². The highest BCUT2D eigenvalue weighted by atomic mass is 79.9. The van der Waals surface area contributed by atoms with E-state index in [0.717, 1.165) is 16.8 Å². The van der Waals surface area contributed by atoms with E-state index in [1.54, 1.807) is 12.1 Å². The van der Waals surface area contributed by atoms with Gasteiger partial charge < -0.3 is 20.1 Å². The van der Waals surface area contributed by atoms with Crippen LogP contribution in [0.3, 0.4) is 0 Å². The van der Waals surface area contributed by atoms with Crippen molar-refractivity contribution in [1.82, 2.24) is 5.32 Å². The number of aliphatic imine (C=N–C) groups is 1. The lowest BCUT2D eigenvalue weighted by Crippen LogP contribution is -2.20. The highest BCUT2D eigenvalue weighted by Crippen LogP contribution is 2.38. The fraction of sp³-hybridized carbons (Fsp3) is 0.148. The number of nitrogens with zero attached hydrogens (tertiary/aromatic N) is 1. The molecule has 2 amide bonds. The summed E-state index contributed by atoms with van der Waals surface area (Å²) in [4.78, 5) is 29.9. The van der Waals surface area contributed by atoms with E-state index in [-0.39, 0.29) is 18.4 Å². The zero-order chi connectivity index (χ0) is 25.5. The fourth-order valence-electron chi connectivity index (χ4n) is 3.38. The molecule has 1 aliphatic heterocycles. The lowest BCUT2D eigenvalue weighted by Gasteiger charge is -2.15. The van der Waals surface area contributed by atoms with Gasteiger partial charge in [0, 0.05) is 5.69 Å². The number of rotatable bonds is 8. The topological polar surface area (TPSA) is 89.0 Å². The highest BCUT2D eigenvalue weighted by Gasteiger charge is 2.24. The smallest absolute Gasteiger partial charge is 0.264 e. The number of anilines is 1. The van der Waals surface area contributed by atoms with Gasteiger partial charge in [0.2, 0.25) is 0 Å². The van der Waals surface area contributed by atoms with Crippen molar-refractivity contribution in [3.05, 3.63) is 87.2 Å². The summed E-state index contributed by atoms with van der Waals surface area (Å²) < 4.78 is 12.2. The average molecular weight is 566 g/mol. The van der Waals surface area contributed by atoms with Gasteiger partial charge in [0.05, 0.1) is 21.7 Å². The van der Waals surface area contributed by atoms with Crippen molar-refractivity contribution in [2.45, 2.75) is 13.8 Å². The molecular weight excluding hydrogens is 542 g/mol. The highest BCUT2D eigenvalue weighted by molar-refractivity contribution is 9.10. The molecular formula is C27H24BrN3O4S. The molecule has 0 atom stereocenters. The van der Waals surface area contributed by atoms with Gasteiger partial charge in [0.1, 0.15) is 0 Å². The van der Waals surface area contributed by atoms with Gasteiger partial charge in [-0.15, -0.1) is 0 Å². The maximum absolute atomic E-state index is 12.5. The molecule has 1 saturated heterocycles. The molecule has 2 N–H and O–H groups in total. The van der Waals surface area contributed by atoms with Gasteiger partial charge >= 0.3 is 0 Å².